The average Bonchev–Trinajstić information content (AvgIpc) is 2.76. The van der Waals surface area contributed by atoms with Crippen molar-refractivity contribution in [3.8, 4) is 0 Å². The first kappa shape index (κ1) is 10.1. The van der Waals surface area contributed by atoms with Crippen molar-refractivity contribution in [3.05, 3.63) is 29.6 Å². The number of para-hydroxylation sites is 1. The van der Waals surface area contributed by atoms with E-state index in [0.717, 1.165) is 23.6 Å². The van der Waals surface area contributed by atoms with Crippen molar-refractivity contribution in [1.29, 1.82) is 0 Å². The normalized spacial score (nSPS) is 25.2. The molecule has 0 amide bonds. The summed E-state index contributed by atoms with van der Waals surface area (Å²) >= 11 is 0. The Balaban J connectivity index is 1.77. The standard InChI is InChI=1S/C14H18FN/c15-12-8-4-7-11-9-13(16-14(11)12)10-5-2-1-3-6-10/h4,7-8,10,13,16H,1-3,5-6,9H2. The second-order valence-corrected chi connectivity index (χ2v) is 5.13. The minimum absolute atomic E-state index is 0.0872. The molecule has 1 unspecified atom stereocenters. The molecular formula is C14H18FN. The fraction of sp³-hybridized carbons (Fsp3) is 0.571. The summed E-state index contributed by atoms with van der Waals surface area (Å²) in [5.41, 5.74) is 1.92. The minimum Gasteiger partial charge on any atom is -0.379 e. The summed E-state index contributed by atoms with van der Waals surface area (Å²) in [7, 11) is 0. The Labute approximate surface area is 96.1 Å². The fourth-order valence-corrected chi connectivity index (χ4v) is 3.19. The Hall–Kier alpha value is -1.05. The lowest BCUT2D eigenvalue weighted by atomic mass is 9.83. The number of benzene rings is 1. The summed E-state index contributed by atoms with van der Waals surface area (Å²) in [5.74, 6) is 0.663. The summed E-state index contributed by atoms with van der Waals surface area (Å²) in [5, 5.41) is 3.40. The summed E-state index contributed by atoms with van der Waals surface area (Å²) in [6.07, 6.45) is 7.71. The van der Waals surface area contributed by atoms with Gasteiger partial charge in [0.15, 0.2) is 0 Å². The second-order valence-electron chi connectivity index (χ2n) is 5.13. The number of anilines is 1. The third-order valence-corrected chi connectivity index (χ3v) is 4.09. The van der Waals surface area contributed by atoms with E-state index in [1.807, 2.05) is 12.1 Å². The molecule has 1 saturated carbocycles. The quantitative estimate of drug-likeness (QED) is 0.758. The van der Waals surface area contributed by atoms with Crippen LogP contribution in [0.3, 0.4) is 0 Å². The summed E-state index contributed by atoms with van der Waals surface area (Å²) in [4.78, 5) is 0. The third-order valence-electron chi connectivity index (χ3n) is 4.09. The number of hydrogen-bond acceptors (Lipinski definition) is 1. The molecule has 0 radical (unpaired) electrons. The van der Waals surface area contributed by atoms with Gasteiger partial charge in [-0.15, -0.1) is 0 Å². The SMILES string of the molecule is Fc1cccc2c1NC(C1CCCCC1)C2. The Morgan fingerprint density at radius 2 is 1.94 bits per heavy atom. The maximum atomic E-state index is 13.6. The van der Waals surface area contributed by atoms with Gasteiger partial charge in [-0.2, -0.15) is 0 Å². The molecule has 1 N–H and O–H groups in total. The second kappa shape index (κ2) is 4.08. The molecule has 0 saturated heterocycles. The first-order chi connectivity index (χ1) is 7.84. The number of rotatable bonds is 1. The molecule has 1 aromatic rings. The van der Waals surface area contributed by atoms with E-state index < -0.39 is 0 Å². The zero-order chi connectivity index (χ0) is 11.0. The number of nitrogens with one attached hydrogen (secondary N) is 1. The molecule has 1 aromatic carbocycles. The molecule has 0 bridgehead atoms. The van der Waals surface area contributed by atoms with Gasteiger partial charge in [0.25, 0.3) is 0 Å². The Kier molecular flexibility index (Phi) is 2.58. The zero-order valence-electron chi connectivity index (χ0n) is 9.51. The van der Waals surface area contributed by atoms with Crippen molar-refractivity contribution in [2.75, 3.05) is 5.32 Å². The monoisotopic (exact) mass is 219 g/mol. The van der Waals surface area contributed by atoms with Crippen LogP contribution >= 0.6 is 0 Å². The predicted octanol–water partition coefficient (Wildman–Crippen LogP) is 3.74. The van der Waals surface area contributed by atoms with Crippen molar-refractivity contribution in [1.82, 2.24) is 0 Å². The molecule has 86 valence electrons. The van der Waals surface area contributed by atoms with Crippen LogP contribution in [-0.2, 0) is 6.42 Å². The van der Waals surface area contributed by atoms with Crippen LogP contribution in [0.5, 0.6) is 0 Å². The van der Waals surface area contributed by atoms with E-state index >= 15 is 0 Å². The maximum Gasteiger partial charge on any atom is 0.146 e. The van der Waals surface area contributed by atoms with Crippen molar-refractivity contribution in [3.63, 3.8) is 0 Å². The predicted molar refractivity (Wildman–Crippen MR) is 64.1 cm³/mol. The summed E-state index contributed by atoms with van der Waals surface area (Å²) < 4.78 is 13.6. The van der Waals surface area contributed by atoms with Crippen LogP contribution in [0.2, 0.25) is 0 Å². The molecule has 0 spiro atoms. The van der Waals surface area contributed by atoms with Crippen molar-refractivity contribution >= 4 is 5.69 Å². The molecule has 1 aliphatic heterocycles. The van der Waals surface area contributed by atoms with Crippen LogP contribution in [0, 0.1) is 11.7 Å². The molecule has 2 aliphatic rings. The molecule has 3 rings (SSSR count). The van der Waals surface area contributed by atoms with E-state index in [1.54, 1.807) is 6.07 Å². The molecule has 1 aliphatic carbocycles. The summed E-state index contributed by atoms with van der Waals surface area (Å²) in [6, 6.07) is 5.90. The highest BCUT2D eigenvalue weighted by atomic mass is 19.1. The molecule has 1 heterocycles. The van der Waals surface area contributed by atoms with Gasteiger partial charge in [0.2, 0.25) is 0 Å². The van der Waals surface area contributed by atoms with E-state index in [2.05, 4.69) is 5.32 Å². The van der Waals surface area contributed by atoms with Gasteiger partial charge >= 0.3 is 0 Å². The number of fused-ring (bicyclic) bond motifs is 1. The van der Waals surface area contributed by atoms with Gasteiger partial charge in [-0.1, -0.05) is 31.4 Å². The lowest BCUT2D eigenvalue weighted by Crippen LogP contribution is -2.28. The Bertz CT molecular complexity index is 382. The van der Waals surface area contributed by atoms with Crippen molar-refractivity contribution in [2.45, 2.75) is 44.6 Å². The van der Waals surface area contributed by atoms with Crippen molar-refractivity contribution < 1.29 is 4.39 Å². The first-order valence-corrected chi connectivity index (χ1v) is 6.38. The molecule has 1 fully saturated rings. The van der Waals surface area contributed by atoms with Crippen LogP contribution in [-0.4, -0.2) is 6.04 Å². The zero-order valence-corrected chi connectivity index (χ0v) is 9.51. The molecule has 0 aromatic heterocycles. The van der Waals surface area contributed by atoms with Crippen LogP contribution < -0.4 is 5.32 Å². The van der Waals surface area contributed by atoms with Gasteiger partial charge in [0, 0.05) is 6.04 Å². The van der Waals surface area contributed by atoms with Crippen LogP contribution in [0.15, 0.2) is 18.2 Å². The third kappa shape index (κ3) is 1.70. The highest BCUT2D eigenvalue weighted by Gasteiger charge is 2.30. The molecule has 1 atom stereocenters. The number of halogens is 1. The van der Waals surface area contributed by atoms with Crippen LogP contribution in [0.1, 0.15) is 37.7 Å². The van der Waals surface area contributed by atoms with Gasteiger partial charge in [0.05, 0.1) is 5.69 Å². The van der Waals surface area contributed by atoms with E-state index in [1.165, 1.54) is 32.1 Å². The van der Waals surface area contributed by atoms with E-state index in [-0.39, 0.29) is 5.82 Å². The summed E-state index contributed by atoms with van der Waals surface area (Å²) in [6.45, 7) is 0. The lowest BCUT2D eigenvalue weighted by Gasteiger charge is -2.27. The highest BCUT2D eigenvalue weighted by Crippen LogP contribution is 2.36. The molecule has 2 heteroatoms. The van der Waals surface area contributed by atoms with E-state index in [0.29, 0.717) is 6.04 Å². The number of hydrogen-bond donors (Lipinski definition) is 1. The average molecular weight is 219 g/mol. The van der Waals surface area contributed by atoms with Gasteiger partial charge in [-0.05, 0) is 36.8 Å². The Morgan fingerprint density at radius 3 is 2.69 bits per heavy atom. The lowest BCUT2D eigenvalue weighted by molar-refractivity contribution is 0.321. The molecule has 1 nitrogen and oxygen atoms in total. The Morgan fingerprint density at radius 1 is 1.12 bits per heavy atom. The van der Waals surface area contributed by atoms with Gasteiger partial charge in [0.1, 0.15) is 5.82 Å². The minimum atomic E-state index is -0.0872. The molecule has 16 heavy (non-hydrogen) atoms. The van der Waals surface area contributed by atoms with Crippen LogP contribution in [0.4, 0.5) is 10.1 Å². The largest absolute Gasteiger partial charge is 0.379 e. The van der Waals surface area contributed by atoms with Gasteiger partial charge in [-0.25, -0.2) is 4.39 Å². The van der Waals surface area contributed by atoms with E-state index in [4.69, 9.17) is 0 Å². The maximum absolute atomic E-state index is 13.6. The fourth-order valence-electron chi connectivity index (χ4n) is 3.19. The topological polar surface area (TPSA) is 12.0 Å². The van der Waals surface area contributed by atoms with E-state index in [9.17, 15) is 4.39 Å². The first-order valence-electron chi connectivity index (χ1n) is 6.38. The van der Waals surface area contributed by atoms with Crippen LogP contribution in [0.25, 0.3) is 0 Å². The smallest absolute Gasteiger partial charge is 0.146 e. The highest BCUT2D eigenvalue weighted by molar-refractivity contribution is 5.57. The van der Waals surface area contributed by atoms with Crippen molar-refractivity contribution in [2.24, 2.45) is 5.92 Å². The van der Waals surface area contributed by atoms with Gasteiger partial charge in [-0.3, -0.25) is 0 Å². The van der Waals surface area contributed by atoms with Gasteiger partial charge < -0.3 is 5.32 Å². The molecular weight excluding hydrogens is 201 g/mol.